The number of aromatic amines is 1. The van der Waals surface area contributed by atoms with Gasteiger partial charge in [0.1, 0.15) is 11.1 Å². The maximum atomic E-state index is 12.4. The Morgan fingerprint density at radius 2 is 1.89 bits per heavy atom. The van der Waals surface area contributed by atoms with Gasteiger partial charge >= 0.3 is 6.09 Å². The van der Waals surface area contributed by atoms with Gasteiger partial charge in [-0.05, 0) is 52.7 Å². The fourth-order valence-electron chi connectivity index (χ4n) is 5.50. The number of aromatic nitrogens is 6. The van der Waals surface area contributed by atoms with Gasteiger partial charge in [0.05, 0.1) is 21.9 Å². The second kappa shape index (κ2) is 8.31. The molecular formula is C26H31ClN8O2. The highest BCUT2D eigenvalue weighted by Gasteiger charge is 2.48. The molecule has 0 radical (unpaired) electrons. The molecule has 4 aromatic rings. The molecule has 2 fully saturated rings. The van der Waals surface area contributed by atoms with Crippen LogP contribution >= 0.6 is 11.6 Å². The summed E-state index contributed by atoms with van der Waals surface area (Å²) < 4.78 is 7.28. The van der Waals surface area contributed by atoms with Gasteiger partial charge in [-0.2, -0.15) is 10.2 Å². The summed E-state index contributed by atoms with van der Waals surface area (Å²) in [6.07, 6.45) is 3.69. The van der Waals surface area contributed by atoms with Crippen LogP contribution in [0, 0.1) is 12.3 Å². The van der Waals surface area contributed by atoms with Gasteiger partial charge in [0.2, 0.25) is 5.65 Å². The first-order chi connectivity index (χ1) is 17.5. The third-order valence-corrected chi connectivity index (χ3v) is 7.78. The van der Waals surface area contributed by atoms with Crippen molar-refractivity contribution >= 4 is 45.6 Å². The van der Waals surface area contributed by atoms with Gasteiger partial charge in [-0.3, -0.25) is 9.78 Å². The maximum absolute atomic E-state index is 12.4. The molecule has 0 bridgehead atoms. The smallest absolute Gasteiger partial charge is 0.410 e. The lowest BCUT2D eigenvalue weighted by Crippen LogP contribution is -2.62. The Labute approximate surface area is 219 Å². The van der Waals surface area contributed by atoms with Gasteiger partial charge in [-0.1, -0.05) is 11.6 Å². The second-order valence-electron chi connectivity index (χ2n) is 11.4. The van der Waals surface area contributed by atoms with Crippen molar-refractivity contribution in [3.63, 3.8) is 0 Å². The van der Waals surface area contributed by atoms with Crippen LogP contribution in [0.25, 0.3) is 33.3 Å². The van der Waals surface area contributed by atoms with Crippen LogP contribution in [0.2, 0.25) is 5.02 Å². The minimum atomic E-state index is -0.471. The summed E-state index contributed by atoms with van der Waals surface area (Å²) in [5, 5.41) is 13.5. The topological polar surface area (TPSA) is 105 Å². The Morgan fingerprint density at radius 3 is 2.59 bits per heavy atom. The number of carbonyl (C=O) groups excluding carboxylic acids is 1. The van der Waals surface area contributed by atoms with Crippen LogP contribution in [-0.4, -0.2) is 72.7 Å². The molecule has 1 spiro atoms. The van der Waals surface area contributed by atoms with Crippen LogP contribution in [0.1, 0.15) is 39.3 Å². The van der Waals surface area contributed by atoms with Crippen LogP contribution in [0.3, 0.4) is 0 Å². The van der Waals surface area contributed by atoms with E-state index in [1.165, 1.54) is 0 Å². The van der Waals surface area contributed by atoms with Gasteiger partial charge in [-0.25, -0.2) is 14.8 Å². The molecule has 10 nitrogen and oxygen atoms in total. The summed E-state index contributed by atoms with van der Waals surface area (Å²) in [7, 11) is 1.88. The number of ether oxygens (including phenoxy) is 1. The van der Waals surface area contributed by atoms with E-state index in [4.69, 9.17) is 26.3 Å². The molecule has 0 atom stereocenters. The number of halogens is 1. The van der Waals surface area contributed by atoms with Crippen molar-refractivity contribution in [2.75, 3.05) is 31.1 Å². The predicted molar refractivity (Wildman–Crippen MR) is 143 cm³/mol. The second-order valence-corrected chi connectivity index (χ2v) is 11.8. The lowest BCUT2D eigenvalue weighted by atomic mass is 9.72. The van der Waals surface area contributed by atoms with Gasteiger partial charge in [0.15, 0.2) is 5.82 Å². The highest BCUT2D eigenvalue weighted by atomic mass is 35.5. The number of aryl methyl sites for hydroxylation is 2. The normalized spacial score (nSPS) is 17.6. The maximum Gasteiger partial charge on any atom is 0.410 e. The van der Waals surface area contributed by atoms with Crippen LogP contribution in [0.5, 0.6) is 0 Å². The monoisotopic (exact) mass is 522 g/mol. The van der Waals surface area contributed by atoms with Crippen molar-refractivity contribution in [1.82, 2.24) is 34.8 Å². The van der Waals surface area contributed by atoms with E-state index < -0.39 is 5.60 Å². The molecule has 194 valence electrons. The summed E-state index contributed by atoms with van der Waals surface area (Å²) in [6.45, 7) is 10.9. The third kappa shape index (κ3) is 4.17. The van der Waals surface area contributed by atoms with Gasteiger partial charge < -0.3 is 14.5 Å². The zero-order chi connectivity index (χ0) is 26.1. The number of piperidine rings is 1. The van der Waals surface area contributed by atoms with Crippen molar-refractivity contribution in [2.24, 2.45) is 12.5 Å². The number of nitrogens with zero attached hydrogens (tertiary/aromatic N) is 7. The average molecular weight is 523 g/mol. The molecule has 2 aliphatic rings. The summed E-state index contributed by atoms with van der Waals surface area (Å²) in [6, 6.07) is 3.89. The zero-order valence-corrected chi connectivity index (χ0v) is 22.6. The van der Waals surface area contributed by atoms with E-state index in [1.54, 1.807) is 4.68 Å². The zero-order valence-electron chi connectivity index (χ0n) is 21.8. The summed E-state index contributed by atoms with van der Waals surface area (Å²) in [5.41, 5.74) is 4.24. The third-order valence-electron chi connectivity index (χ3n) is 7.37. The molecule has 0 unspecified atom stereocenters. The number of anilines is 1. The fourth-order valence-corrected chi connectivity index (χ4v) is 5.80. The number of H-pyrrole nitrogens is 1. The van der Waals surface area contributed by atoms with Gasteiger partial charge in [-0.15, -0.1) is 0 Å². The van der Waals surface area contributed by atoms with Crippen molar-refractivity contribution in [2.45, 2.75) is 46.1 Å². The molecule has 11 heteroatoms. The average Bonchev–Trinajstić information content (AvgIpc) is 3.39. The molecule has 3 aromatic heterocycles. The highest BCUT2D eigenvalue weighted by Crippen LogP contribution is 2.42. The van der Waals surface area contributed by atoms with E-state index in [0.717, 1.165) is 72.7 Å². The van der Waals surface area contributed by atoms with Crippen molar-refractivity contribution in [1.29, 1.82) is 0 Å². The molecule has 2 aliphatic heterocycles. The first-order valence-corrected chi connectivity index (χ1v) is 13.0. The first-order valence-electron chi connectivity index (χ1n) is 12.6. The molecular weight excluding hydrogens is 492 g/mol. The highest BCUT2D eigenvalue weighted by molar-refractivity contribution is 6.38. The summed E-state index contributed by atoms with van der Waals surface area (Å²) in [5.74, 6) is 0.859. The predicted octanol–water partition coefficient (Wildman–Crippen LogP) is 4.71. The molecule has 1 aromatic carbocycles. The molecule has 1 N–H and O–H groups in total. The van der Waals surface area contributed by atoms with E-state index >= 15 is 0 Å². The molecule has 2 saturated heterocycles. The molecule has 0 saturated carbocycles. The van der Waals surface area contributed by atoms with E-state index in [0.29, 0.717) is 16.2 Å². The fraction of sp³-hybridized carbons (Fsp3) is 0.500. The molecule has 0 aliphatic carbocycles. The summed E-state index contributed by atoms with van der Waals surface area (Å²) in [4.78, 5) is 26.3. The molecule has 5 heterocycles. The van der Waals surface area contributed by atoms with E-state index in [1.807, 2.05) is 58.0 Å². The van der Waals surface area contributed by atoms with E-state index in [9.17, 15) is 4.79 Å². The molecule has 1 amide bonds. The Hall–Kier alpha value is -3.40. The number of hydrogen-bond acceptors (Lipinski definition) is 7. The number of likely N-dealkylation sites (tertiary alicyclic amines) is 1. The lowest BCUT2D eigenvalue weighted by Gasteiger charge is -2.53. The van der Waals surface area contributed by atoms with Crippen LogP contribution in [-0.2, 0) is 11.8 Å². The standard InChI is InChI=1S/C26H31ClN8O2/c1-15-23(34-10-8-26(9-11-34)13-35(14-26)24(36)37-25(2,3)4)29-22-21(28-15)20(30-31-22)16-6-7-18-17(19(16)27)12-33(5)32-18/h6-7,12H,8-11,13-14H2,1-5H3,(H,29,30,31). The van der Waals surface area contributed by atoms with Gasteiger partial charge in [0.25, 0.3) is 0 Å². The van der Waals surface area contributed by atoms with Crippen LogP contribution in [0.15, 0.2) is 18.3 Å². The number of hydrogen-bond donors (Lipinski definition) is 1. The van der Waals surface area contributed by atoms with Gasteiger partial charge in [0, 0.05) is 55.8 Å². The quantitative estimate of drug-likeness (QED) is 0.406. The van der Waals surface area contributed by atoms with E-state index in [2.05, 4.69) is 20.2 Å². The number of benzene rings is 1. The summed E-state index contributed by atoms with van der Waals surface area (Å²) >= 11 is 6.76. The molecule has 6 rings (SSSR count). The minimum absolute atomic E-state index is 0.167. The lowest BCUT2D eigenvalue weighted by molar-refractivity contribution is -0.0434. The number of carbonyl (C=O) groups is 1. The van der Waals surface area contributed by atoms with Crippen molar-refractivity contribution in [3.05, 3.63) is 29.0 Å². The van der Waals surface area contributed by atoms with Crippen LogP contribution < -0.4 is 4.90 Å². The largest absolute Gasteiger partial charge is 0.444 e. The van der Waals surface area contributed by atoms with E-state index in [-0.39, 0.29) is 11.5 Å². The van der Waals surface area contributed by atoms with Crippen molar-refractivity contribution < 1.29 is 9.53 Å². The minimum Gasteiger partial charge on any atom is -0.444 e. The number of amides is 1. The Balaban J connectivity index is 1.19. The van der Waals surface area contributed by atoms with Crippen molar-refractivity contribution in [3.8, 4) is 11.3 Å². The number of fused-ring (bicyclic) bond motifs is 2. The number of rotatable bonds is 2. The first kappa shape index (κ1) is 24.0. The van der Waals surface area contributed by atoms with Crippen LogP contribution in [0.4, 0.5) is 10.6 Å². The molecule has 37 heavy (non-hydrogen) atoms. The number of nitrogens with one attached hydrogen (secondary N) is 1. The Bertz CT molecular complexity index is 1520. The Morgan fingerprint density at radius 1 is 1.16 bits per heavy atom. The Kier molecular flexibility index (Phi) is 5.38. The SMILES string of the molecule is Cc1nc2c(-c3ccc4nn(C)cc4c3Cl)[nH]nc2nc1N1CCC2(CC1)CN(C(=O)OC(C)(C)C)C2.